The third-order valence-corrected chi connectivity index (χ3v) is 6.67. The second kappa shape index (κ2) is 9.00. The molecule has 0 spiro atoms. The monoisotopic (exact) mass is 424 g/mol. The summed E-state index contributed by atoms with van der Waals surface area (Å²) in [7, 11) is -0.808. The number of carbonyl (C=O) groups excluding carboxylic acids is 1. The van der Waals surface area contributed by atoms with Crippen LogP contribution < -0.4 is 14.4 Å². The van der Waals surface area contributed by atoms with Crippen LogP contribution in [0.5, 0.6) is 5.75 Å². The van der Waals surface area contributed by atoms with Crippen molar-refractivity contribution in [1.29, 1.82) is 0 Å². The zero-order valence-electron chi connectivity index (χ0n) is 17.1. The van der Waals surface area contributed by atoms with Crippen LogP contribution in [0.1, 0.15) is 21.5 Å². The van der Waals surface area contributed by atoms with Crippen LogP contribution in [-0.4, -0.2) is 28.5 Å². The topological polar surface area (TPSA) is 75.7 Å². The van der Waals surface area contributed by atoms with Crippen molar-refractivity contribution in [3.8, 4) is 5.75 Å². The maximum absolute atomic E-state index is 13.0. The molecule has 0 atom stereocenters. The maximum atomic E-state index is 13.0. The normalized spacial score (nSPS) is 11.0. The van der Waals surface area contributed by atoms with Gasteiger partial charge in [0.25, 0.3) is 15.9 Å². The first kappa shape index (κ1) is 21.4. The smallest absolute Gasteiger partial charge is 0.264 e. The Bertz CT molecular complexity index is 1140. The largest absolute Gasteiger partial charge is 0.497 e. The van der Waals surface area contributed by atoms with Gasteiger partial charge < -0.3 is 10.1 Å². The van der Waals surface area contributed by atoms with Crippen LogP contribution in [0.3, 0.4) is 0 Å². The Morgan fingerprint density at radius 1 is 1.00 bits per heavy atom. The van der Waals surface area contributed by atoms with Crippen LogP contribution in [0.2, 0.25) is 0 Å². The Hall–Kier alpha value is -3.32. The highest BCUT2D eigenvalue weighted by Gasteiger charge is 2.22. The summed E-state index contributed by atoms with van der Waals surface area (Å²) in [4.78, 5) is 12.6. The maximum Gasteiger partial charge on any atom is 0.264 e. The van der Waals surface area contributed by atoms with Crippen molar-refractivity contribution < 1.29 is 17.9 Å². The molecule has 0 aliphatic heterocycles. The lowest BCUT2D eigenvalue weighted by molar-refractivity contribution is 0.0950. The molecule has 1 amide bonds. The fourth-order valence-corrected chi connectivity index (χ4v) is 4.21. The van der Waals surface area contributed by atoms with Gasteiger partial charge >= 0.3 is 0 Å². The zero-order chi connectivity index (χ0) is 21.7. The van der Waals surface area contributed by atoms with Gasteiger partial charge in [0, 0.05) is 19.2 Å². The van der Waals surface area contributed by atoms with Gasteiger partial charge in [-0.15, -0.1) is 0 Å². The molecule has 30 heavy (non-hydrogen) atoms. The Balaban J connectivity index is 1.79. The third kappa shape index (κ3) is 4.63. The predicted octanol–water partition coefficient (Wildman–Crippen LogP) is 3.76. The third-order valence-electron chi connectivity index (χ3n) is 4.89. The molecule has 7 heteroatoms. The minimum atomic E-state index is -3.83. The van der Waals surface area contributed by atoms with E-state index < -0.39 is 10.0 Å². The quantitative estimate of drug-likeness (QED) is 0.627. The minimum absolute atomic E-state index is 0.0457. The van der Waals surface area contributed by atoms with Crippen molar-refractivity contribution in [3.63, 3.8) is 0 Å². The van der Waals surface area contributed by atoms with Crippen LogP contribution in [0.25, 0.3) is 0 Å². The summed E-state index contributed by atoms with van der Waals surface area (Å²) in [6.45, 7) is 2.35. The van der Waals surface area contributed by atoms with E-state index in [1.165, 1.54) is 23.5 Å². The number of rotatable bonds is 7. The lowest BCUT2D eigenvalue weighted by Gasteiger charge is -2.20. The summed E-state index contributed by atoms with van der Waals surface area (Å²) < 4.78 is 32.4. The number of nitrogens with one attached hydrogen (secondary N) is 1. The van der Waals surface area contributed by atoms with E-state index in [1.807, 2.05) is 31.2 Å². The molecule has 0 bridgehead atoms. The van der Waals surface area contributed by atoms with Crippen LogP contribution in [0, 0.1) is 6.92 Å². The number of hydrogen-bond acceptors (Lipinski definition) is 4. The standard InChI is InChI=1S/C23H24N2O4S/c1-17-7-4-5-8-19(17)16-24-23(26)18-9-6-10-22(15-18)30(27,28)25(2)20-11-13-21(29-3)14-12-20/h4-15H,16H2,1-3H3,(H,24,26). The van der Waals surface area contributed by atoms with Crippen molar-refractivity contribution in [2.45, 2.75) is 18.4 Å². The molecule has 0 fully saturated rings. The molecule has 3 aromatic carbocycles. The Kier molecular flexibility index (Phi) is 6.42. The summed E-state index contributed by atoms with van der Waals surface area (Å²) in [5.41, 5.74) is 2.86. The first-order chi connectivity index (χ1) is 14.3. The summed E-state index contributed by atoms with van der Waals surface area (Å²) in [5.74, 6) is 0.305. The number of nitrogens with zero attached hydrogens (tertiary/aromatic N) is 1. The Labute approximate surface area is 177 Å². The van der Waals surface area contributed by atoms with E-state index >= 15 is 0 Å². The van der Waals surface area contributed by atoms with Gasteiger partial charge in [0.1, 0.15) is 5.75 Å². The number of carbonyl (C=O) groups is 1. The lowest BCUT2D eigenvalue weighted by atomic mass is 10.1. The van der Waals surface area contributed by atoms with Crippen molar-refractivity contribution in [2.24, 2.45) is 0 Å². The van der Waals surface area contributed by atoms with E-state index in [4.69, 9.17) is 4.74 Å². The van der Waals surface area contributed by atoms with Crippen LogP contribution in [0.4, 0.5) is 5.69 Å². The molecule has 156 valence electrons. The molecule has 0 radical (unpaired) electrons. The van der Waals surface area contributed by atoms with E-state index in [-0.39, 0.29) is 16.4 Å². The molecule has 0 saturated carbocycles. The second-order valence-electron chi connectivity index (χ2n) is 6.81. The number of hydrogen-bond donors (Lipinski definition) is 1. The summed E-state index contributed by atoms with van der Waals surface area (Å²) >= 11 is 0. The number of benzene rings is 3. The van der Waals surface area contributed by atoms with Crippen LogP contribution in [0.15, 0.2) is 77.7 Å². The number of ether oxygens (including phenoxy) is 1. The Morgan fingerprint density at radius 2 is 1.70 bits per heavy atom. The molecule has 0 aliphatic rings. The number of sulfonamides is 1. The number of amides is 1. The second-order valence-corrected chi connectivity index (χ2v) is 8.78. The first-order valence-electron chi connectivity index (χ1n) is 9.38. The fourth-order valence-electron chi connectivity index (χ4n) is 2.97. The van der Waals surface area contributed by atoms with Gasteiger partial charge in [-0.2, -0.15) is 0 Å². The average Bonchev–Trinajstić information content (AvgIpc) is 2.78. The molecular formula is C23H24N2O4S. The minimum Gasteiger partial charge on any atom is -0.497 e. The van der Waals surface area contributed by atoms with E-state index in [0.29, 0.717) is 18.0 Å². The molecule has 0 unspecified atom stereocenters. The molecule has 0 aliphatic carbocycles. The predicted molar refractivity (Wildman–Crippen MR) is 117 cm³/mol. The molecule has 3 rings (SSSR count). The summed E-state index contributed by atoms with van der Waals surface area (Å²) in [6, 6.07) is 20.5. The van der Waals surface area contributed by atoms with Crippen LogP contribution >= 0.6 is 0 Å². The van der Waals surface area contributed by atoms with E-state index in [2.05, 4.69) is 5.32 Å². The van der Waals surface area contributed by atoms with Gasteiger partial charge in [0.05, 0.1) is 17.7 Å². The molecule has 0 saturated heterocycles. The highest BCUT2D eigenvalue weighted by atomic mass is 32.2. The van der Waals surface area contributed by atoms with E-state index in [0.717, 1.165) is 11.1 Å². The van der Waals surface area contributed by atoms with Crippen molar-refractivity contribution >= 4 is 21.6 Å². The number of aryl methyl sites for hydroxylation is 1. The molecule has 3 aromatic rings. The number of methoxy groups -OCH3 is 1. The average molecular weight is 425 g/mol. The van der Waals surface area contributed by atoms with Crippen molar-refractivity contribution in [1.82, 2.24) is 5.32 Å². The van der Waals surface area contributed by atoms with Gasteiger partial charge in [-0.3, -0.25) is 9.10 Å². The van der Waals surface area contributed by atoms with Gasteiger partial charge in [0.15, 0.2) is 0 Å². The van der Waals surface area contributed by atoms with Gasteiger partial charge in [-0.1, -0.05) is 30.3 Å². The van der Waals surface area contributed by atoms with E-state index in [1.54, 1.807) is 43.5 Å². The SMILES string of the molecule is COc1ccc(N(C)S(=O)(=O)c2cccc(C(=O)NCc3ccccc3C)c2)cc1. The molecule has 1 N–H and O–H groups in total. The van der Waals surface area contributed by atoms with Gasteiger partial charge in [-0.05, 0) is 60.5 Å². The van der Waals surface area contributed by atoms with E-state index in [9.17, 15) is 13.2 Å². The van der Waals surface area contributed by atoms with Gasteiger partial charge in [-0.25, -0.2) is 8.42 Å². The highest BCUT2D eigenvalue weighted by Crippen LogP contribution is 2.24. The molecular weight excluding hydrogens is 400 g/mol. The summed E-state index contributed by atoms with van der Waals surface area (Å²) in [6.07, 6.45) is 0. The molecule has 0 heterocycles. The molecule has 6 nitrogen and oxygen atoms in total. The lowest BCUT2D eigenvalue weighted by Crippen LogP contribution is -2.27. The fraction of sp³-hybridized carbons (Fsp3) is 0.174. The van der Waals surface area contributed by atoms with Crippen molar-refractivity contribution in [3.05, 3.63) is 89.5 Å². The van der Waals surface area contributed by atoms with Crippen molar-refractivity contribution in [2.75, 3.05) is 18.5 Å². The number of anilines is 1. The Morgan fingerprint density at radius 3 is 2.37 bits per heavy atom. The zero-order valence-corrected chi connectivity index (χ0v) is 17.9. The summed E-state index contributed by atoms with van der Waals surface area (Å²) in [5, 5.41) is 2.85. The molecule has 0 aromatic heterocycles. The first-order valence-corrected chi connectivity index (χ1v) is 10.8. The van der Waals surface area contributed by atoms with Crippen LogP contribution in [-0.2, 0) is 16.6 Å². The highest BCUT2D eigenvalue weighted by molar-refractivity contribution is 7.92. The van der Waals surface area contributed by atoms with Gasteiger partial charge in [0.2, 0.25) is 0 Å².